The third kappa shape index (κ3) is 8.40. The van der Waals surface area contributed by atoms with Gasteiger partial charge in [0, 0.05) is 19.8 Å². The van der Waals surface area contributed by atoms with Crippen molar-refractivity contribution in [2.45, 2.75) is 50.8 Å². The molecule has 1 saturated heterocycles. The number of aliphatic hydroxyl groups is 1. The Morgan fingerprint density at radius 2 is 1.85 bits per heavy atom. The third-order valence-electron chi connectivity index (χ3n) is 5.97. The number of carbonyl (C=O) groups excluding carboxylic acids is 1. The van der Waals surface area contributed by atoms with Crippen LogP contribution in [-0.2, 0) is 18.9 Å². The molecule has 0 aromatic heterocycles. The molecule has 0 saturated carbocycles. The van der Waals surface area contributed by atoms with Crippen LogP contribution in [0.3, 0.4) is 0 Å². The molecule has 1 fully saturated rings. The number of carboxylic acid groups (broad SMARTS) is 1. The molecule has 2 N–H and O–H groups in total. The van der Waals surface area contributed by atoms with Gasteiger partial charge in [-0.05, 0) is 56.5 Å². The van der Waals surface area contributed by atoms with E-state index >= 15 is 0 Å². The maximum Gasteiger partial charge on any atom is 0.340 e. The van der Waals surface area contributed by atoms with Crippen LogP contribution in [-0.4, -0.2) is 73.9 Å². The lowest BCUT2D eigenvalue weighted by Crippen LogP contribution is -2.37. The van der Waals surface area contributed by atoms with E-state index in [1.54, 1.807) is 74.5 Å². The fourth-order valence-corrected chi connectivity index (χ4v) is 4.26. The van der Waals surface area contributed by atoms with Gasteiger partial charge in [-0.25, -0.2) is 9.59 Å². The fourth-order valence-electron chi connectivity index (χ4n) is 4.26. The van der Waals surface area contributed by atoms with Crippen LogP contribution in [0.1, 0.15) is 53.0 Å². The summed E-state index contributed by atoms with van der Waals surface area (Å²) < 4.78 is 33.9. The van der Waals surface area contributed by atoms with Crippen molar-refractivity contribution in [2.24, 2.45) is 0 Å². The number of ether oxygens (including phenoxy) is 6. The van der Waals surface area contributed by atoms with E-state index in [1.165, 1.54) is 20.3 Å². The van der Waals surface area contributed by atoms with E-state index in [-0.39, 0.29) is 24.7 Å². The Morgan fingerprint density at radius 1 is 1.10 bits per heavy atom. The van der Waals surface area contributed by atoms with Crippen molar-refractivity contribution in [3.05, 3.63) is 77.4 Å². The van der Waals surface area contributed by atoms with Gasteiger partial charge in [0.1, 0.15) is 29.3 Å². The smallest absolute Gasteiger partial charge is 0.340 e. The average molecular weight is 557 g/mol. The van der Waals surface area contributed by atoms with Crippen molar-refractivity contribution >= 4 is 18.0 Å². The van der Waals surface area contributed by atoms with Crippen molar-refractivity contribution in [3.8, 4) is 11.5 Å². The van der Waals surface area contributed by atoms with Gasteiger partial charge in [0.2, 0.25) is 0 Å². The Kier molecular flexibility index (Phi) is 11.3. The van der Waals surface area contributed by atoms with Crippen molar-refractivity contribution < 1.29 is 48.2 Å². The number of esters is 1. The molecule has 2 unspecified atom stereocenters. The van der Waals surface area contributed by atoms with E-state index in [2.05, 4.69) is 0 Å². The summed E-state index contributed by atoms with van der Waals surface area (Å²) in [5.41, 5.74) is 0.710. The SMILES string of the molecule is COCOc1cc(OC)cc(/C=C/C[C@@H]2OC(C)(C)OC2C(/C=C\CCO)OC(=O)c2ccccc2)c1C(=O)O. The van der Waals surface area contributed by atoms with Crippen molar-refractivity contribution in [3.63, 3.8) is 0 Å². The molecule has 10 nitrogen and oxygen atoms in total. The van der Waals surface area contributed by atoms with Crippen LogP contribution in [0.15, 0.2) is 60.7 Å². The van der Waals surface area contributed by atoms with Gasteiger partial charge in [-0.3, -0.25) is 0 Å². The molecule has 10 heteroatoms. The zero-order valence-electron chi connectivity index (χ0n) is 23.1. The van der Waals surface area contributed by atoms with Crippen molar-refractivity contribution in [1.29, 1.82) is 0 Å². The van der Waals surface area contributed by atoms with E-state index in [0.29, 0.717) is 29.7 Å². The number of rotatable bonds is 14. The molecule has 3 atom stereocenters. The van der Waals surface area contributed by atoms with E-state index in [9.17, 15) is 19.8 Å². The maximum atomic E-state index is 12.9. The molecule has 0 aliphatic carbocycles. The molecule has 3 rings (SSSR count). The Bertz CT molecular complexity index is 1190. The van der Waals surface area contributed by atoms with Crippen LogP contribution in [0, 0.1) is 0 Å². The highest BCUT2D eigenvalue weighted by Gasteiger charge is 2.45. The highest BCUT2D eigenvalue weighted by Crippen LogP contribution is 2.35. The maximum absolute atomic E-state index is 12.9. The first kappa shape index (κ1) is 30.8. The van der Waals surface area contributed by atoms with Crippen LogP contribution in [0.2, 0.25) is 0 Å². The largest absolute Gasteiger partial charge is 0.497 e. The van der Waals surface area contributed by atoms with Gasteiger partial charge in [0.05, 0.1) is 18.8 Å². The summed E-state index contributed by atoms with van der Waals surface area (Å²) in [6.07, 6.45) is 5.48. The van der Waals surface area contributed by atoms with E-state index in [4.69, 9.17) is 28.4 Å². The monoisotopic (exact) mass is 556 g/mol. The summed E-state index contributed by atoms with van der Waals surface area (Å²) in [5.74, 6) is -2.14. The molecule has 0 amide bonds. The summed E-state index contributed by atoms with van der Waals surface area (Å²) in [5, 5.41) is 19.1. The molecule has 1 heterocycles. The number of carboxylic acids is 1. The molecule has 2 aromatic rings. The van der Waals surface area contributed by atoms with Crippen molar-refractivity contribution in [1.82, 2.24) is 0 Å². The van der Waals surface area contributed by atoms with Gasteiger partial charge in [-0.15, -0.1) is 0 Å². The molecule has 40 heavy (non-hydrogen) atoms. The molecular weight excluding hydrogens is 520 g/mol. The number of carbonyl (C=O) groups is 2. The van der Waals surface area contributed by atoms with Gasteiger partial charge in [-0.2, -0.15) is 0 Å². The van der Waals surface area contributed by atoms with Gasteiger partial charge < -0.3 is 38.6 Å². The lowest BCUT2D eigenvalue weighted by Gasteiger charge is -2.24. The fraction of sp³-hybridized carbons (Fsp3) is 0.400. The minimum Gasteiger partial charge on any atom is -0.497 e. The molecule has 0 spiro atoms. The summed E-state index contributed by atoms with van der Waals surface area (Å²) in [6, 6.07) is 11.7. The second-order valence-corrected chi connectivity index (χ2v) is 9.40. The molecular formula is C30H36O10. The number of aromatic carboxylic acids is 1. The molecule has 216 valence electrons. The van der Waals surface area contributed by atoms with Crippen LogP contribution in [0.5, 0.6) is 11.5 Å². The van der Waals surface area contributed by atoms with Gasteiger partial charge in [0.25, 0.3) is 0 Å². The molecule has 2 aromatic carbocycles. The highest BCUT2D eigenvalue weighted by molar-refractivity contribution is 5.95. The van der Waals surface area contributed by atoms with E-state index in [0.717, 1.165) is 0 Å². The first-order valence-corrected chi connectivity index (χ1v) is 12.8. The number of aliphatic hydroxyl groups excluding tert-OH is 1. The topological polar surface area (TPSA) is 130 Å². The second kappa shape index (κ2) is 14.6. The lowest BCUT2D eigenvalue weighted by molar-refractivity contribution is -0.152. The third-order valence-corrected chi connectivity index (χ3v) is 5.97. The quantitative estimate of drug-likeness (QED) is 0.195. The zero-order valence-corrected chi connectivity index (χ0v) is 23.1. The number of benzene rings is 2. The minimum absolute atomic E-state index is 0.0452. The predicted octanol–water partition coefficient (Wildman–Crippen LogP) is 4.46. The normalized spacial score (nSPS) is 19.1. The summed E-state index contributed by atoms with van der Waals surface area (Å²) in [6.45, 7) is 3.34. The number of hydrogen-bond donors (Lipinski definition) is 2. The number of hydrogen-bond acceptors (Lipinski definition) is 9. The Balaban J connectivity index is 1.87. The highest BCUT2D eigenvalue weighted by atomic mass is 16.8. The van der Waals surface area contributed by atoms with Gasteiger partial charge in [-0.1, -0.05) is 36.4 Å². The number of methoxy groups -OCH3 is 2. The van der Waals surface area contributed by atoms with Gasteiger partial charge in [0.15, 0.2) is 12.6 Å². The molecule has 0 bridgehead atoms. The van der Waals surface area contributed by atoms with Crippen LogP contribution >= 0.6 is 0 Å². The lowest BCUT2D eigenvalue weighted by atomic mass is 10.0. The average Bonchev–Trinajstić information content (AvgIpc) is 3.25. The van der Waals surface area contributed by atoms with Crippen LogP contribution < -0.4 is 9.47 Å². The summed E-state index contributed by atoms with van der Waals surface area (Å²) in [7, 11) is 2.91. The Labute approximate surface area is 233 Å². The van der Waals surface area contributed by atoms with Crippen LogP contribution in [0.25, 0.3) is 6.08 Å². The first-order chi connectivity index (χ1) is 19.2. The summed E-state index contributed by atoms with van der Waals surface area (Å²) >= 11 is 0. The zero-order chi connectivity index (χ0) is 29.1. The standard InChI is InChI=1S/C30H36O10/c1-30(2)39-24(15-10-13-21-17-22(36-4)18-25(37-19-35-3)26(21)28(32)33)27(40-30)23(14-8-9-16-31)38-29(34)20-11-6-5-7-12-20/h5-8,10-14,17-18,23-24,27,31H,9,15-16,19H2,1-4H3,(H,32,33)/b13-10+,14-8-/t23?,24-,27?/m0/s1. The predicted molar refractivity (Wildman–Crippen MR) is 146 cm³/mol. The van der Waals surface area contributed by atoms with E-state index < -0.39 is 36.0 Å². The van der Waals surface area contributed by atoms with Gasteiger partial charge >= 0.3 is 11.9 Å². The van der Waals surface area contributed by atoms with Crippen LogP contribution in [0.4, 0.5) is 0 Å². The second-order valence-electron chi connectivity index (χ2n) is 9.40. The van der Waals surface area contributed by atoms with E-state index in [1.807, 2.05) is 0 Å². The first-order valence-electron chi connectivity index (χ1n) is 12.8. The minimum atomic E-state index is -1.17. The summed E-state index contributed by atoms with van der Waals surface area (Å²) in [4.78, 5) is 25.0. The molecule has 0 radical (unpaired) electrons. The molecule has 1 aliphatic heterocycles. The Morgan fingerprint density at radius 3 is 2.50 bits per heavy atom. The Hall–Kier alpha value is -3.70. The van der Waals surface area contributed by atoms with Crippen molar-refractivity contribution in [2.75, 3.05) is 27.6 Å². The molecule has 1 aliphatic rings.